The van der Waals surface area contributed by atoms with Crippen LogP contribution in [0.2, 0.25) is 0 Å². The molecule has 0 aliphatic carbocycles. The Labute approximate surface area is 181 Å². The zero-order chi connectivity index (χ0) is 21.1. The summed E-state index contributed by atoms with van der Waals surface area (Å²) in [4.78, 5) is 1.29. The zero-order valence-corrected chi connectivity index (χ0v) is 18.3. The number of nitrogens with zero attached hydrogens (tertiary/aromatic N) is 3. The van der Waals surface area contributed by atoms with Gasteiger partial charge in [0.05, 0.1) is 19.7 Å². The van der Waals surface area contributed by atoms with Crippen LogP contribution in [0.1, 0.15) is 24.0 Å². The Kier molecular flexibility index (Phi) is 6.41. The monoisotopic (exact) mass is 427 g/mol. The van der Waals surface area contributed by atoms with E-state index in [4.69, 9.17) is 22.1 Å². The highest BCUT2D eigenvalue weighted by atomic mass is 32.1. The van der Waals surface area contributed by atoms with Gasteiger partial charge in [0.1, 0.15) is 12.4 Å². The maximum atomic E-state index is 13.5. The summed E-state index contributed by atoms with van der Waals surface area (Å²) in [6, 6.07) is 14.9. The Morgan fingerprint density at radius 3 is 2.67 bits per heavy atom. The molecule has 1 saturated heterocycles. The third-order valence-electron chi connectivity index (χ3n) is 5.61. The number of quaternary nitrogens is 1. The first-order valence-corrected chi connectivity index (χ1v) is 10.8. The Hall–Kier alpha value is -2.35. The van der Waals surface area contributed by atoms with Crippen molar-refractivity contribution in [3.63, 3.8) is 0 Å². The summed E-state index contributed by atoms with van der Waals surface area (Å²) in [5.41, 5.74) is 3.46. The molecule has 7 heteroatoms. The molecule has 1 N–H and O–H groups in total. The SMILES string of the molecule is Cc1ccccc1C[NH+](C)Cn1nc(-c2ccc(F)cc2)n(C[C@@H]2CCCO2)c1=S. The van der Waals surface area contributed by atoms with E-state index in [0.29, 0.717) is 18.0 Å². The molecule has 4 rings (SSSR count). The van der Waals surface area contributed by atoms with Crippen LogP contribution in [-0.4, -0.2) is 34.1 Å². The molecule has 0 spiro atoms. The lowest BCUT2D eigenvalue weighted by molar-refractivity contribution is -0.917. The fourth-order valence-electron chi connectivity index (χ4n) is 3.96. The fraction of sp³-hybridized carbons (Fsp3) is 0.391. The van der Waals surface area contributed by atoms with Crippen molar-refractivity contribution in [1.82, 2.24) is 14.3 Å². The molecule has 0 saturated carbocycles. The standard InChI is InChI=1S/C23H27FN4OS/c1-17-6-3-4-7-19(17)14-26(2)16-28-23(30)27(15-21-8-5-13-29-21)22(25-28)18-9-11-20(24)12-10-18/h3-4,6-7,9-12,21H,5,8,13-16H2,1-2H3/p+1/t21-/m0/s1. The van der Waals surface area contributed by atoms with Gasteiger partial charge in [-0.25, -0.2) is 4.39 Å². The van der Waals surface area contributed by atoms with Crippen LogP contribution >= 0.6 is 12.2 Å². The summed E-state index contributed by atoms with van der Waals surface area (Å²) in [7, 11) is 2.14. The van der Waals surface area contributed by atoms with E-state index in [-0.39, 0.29) is 11.9 Å². The van der Waals surface area contributed by atoms with Crippen LogP contribution in [0.25, 0.3) is 11.4 Å². The third-order valence-corrected chi connectivity index (χ3v) is 6.04. The minimum atomic E-state index is -0.259. The minimum Gasteiger partial charge on any atom is -0.376 e. The third kappa shape index (κ3) is 4.69. The molecular formula is C23H28FN4OS+. The molecule has 0 bridgehead atoms. The second-order valence-corrected chi connectivity index (χ2v) is 8.44. The van der Waals surface area contributed by atoms with Crippen molar-refractivity contribution in [3.8, 4) is 11.4 Å². The van der Waals surface area contributed by atoms with E-state index in [0.717, 1.165) is 37.4 Å². The number of ether oxygens (including phenoxy) is 1. The van der Waals surface area contributed by atoms with E-state index in [2.05, 4.69) is 38.2 Å². The lowest BCUT2D eigenvalue weighted by Crippen LogP contribution is -3.07. The summed E-state index contributed by atoms with van der Waals surface area (Å²) in [6.07, 6.45) is 2.24. The molecule has 0 amide bonds. The van der Waals surface area contributed by atoms with Gasteiger partial charge >= 0.3 is 0 Å². The van der Waals surface area contributed by atoms with Crippen molar-refractivity contribution in [2.24, 2.45) is 0 Å². The normalized spacial score (nSPS) is 17.4. The van der Waals surface area contributed by atoms with E-state index in [1.54, 1.807) is 12.1 Å². The van der Waals surface area contributed by atoms with Gasteiger partial charge in [0.25, 0.3) is 0 Å². The topological polar surface area (TPSA) is 36.4 Å². The van der Waals surface area contributed by atoms with Crippen molar-refractivity contribution in [1.29, 1.82) is 0 Å². The Morgan fingerprint density at radius 1 is 1.20 bits per heavy atom. The van der Waals surface area contributed by atoms with Crippen LogP contribution in [0.4, 0.5) is 4.39 Å². The highest BCUT2D eigenvalue weighted by Crippen LogP contribution is 2.22. The highest BCUT2D eigenvalue weighted by Gasteiger charge is 2.21. The average Bonchev–Trinajstić information content (AvgIpc) is 3.34. The Balaban J connectivity index is 1.61. The van der Waals surface area contributed by atoms with Gasteiger partial charge in [-0.2, -0.15) is 4.68 Å². The molecule has 2 heterocycles. The van der Waals surface area contributed by atoms with Crippen molar-refractivity contribution in [2.45, 2.75) is 45.6 Å². The molecule has 1 aliphatic heterocycles. The summed E-state index contributed by atoms with van der Waals surface area (Å²) in [5.74, 6) is 0.504. The number of aromatic nitrogens is 3. The molecule has 1 aromatic heterocycles. The van der Waals surface area contributed by atoms with Gasteiger partial charge in [0, 0.05) is 17.7 Å². The van der Waals surface area contributed by atoms with Crippen molar-refractivity contribution >= 4 is 12.2 Å². The first kappa shape index (κ1) is 20.9. The van der Waals surface area contributed by atoms with Crippen molar-refractivity contribution in [3.05, 3.63) is 70.2 Å². The fourth-order valence-corrected chi connectivity index (χ4v) is 4.22. The number of nitrogens with one attached hydrogen (secondary N) is 1. The van der Waals surface area contributed by atoms with Gasteiger partial charge in [-0.05, 0) is 61.8 Å². The van der Waals surface area contributed by atoms with Gasteiger partial charge in [0.15, 0.2) is 12.5 Å². The minimum absolute atomic E-state index is 0.144. The maximum absolute atomic E-state index is 13.5. The molecular weight excluding hydrogens is 399 g/mol. The van der Waals surface area contributed by atoms with E-state index < -0.39 is 0 Å². The molecule has 30 heavy (non-hydrogen) atoms. The molecule has 1 aliphatic rings. The summed E-state index contributed by atoms with van der Waals surface area (Å²) in [5, 5.41) is 4.83. The van der Waals surface area contributed by atoms with Gasteiger partial charge in [-0.15, -0.1) is 5.10 Å². The Morgan fingerprint density at radius 2 is 1.97 bits per heavy atom. The summed E-state index contributed by atoms with van der Waals surface area (Å²) >= 11 is 5.80. The second kappa shape index (κ2) is 9.20. The van der Waals surface area contributed by atoms with Crippen molar-refractivity contribution < 1.29 is 14.0 Å². The molecule has 1 unspecified atom stereocenters. The van der Waals surface area contributed by atoms with Gasteiger partial charge in [-0.1, -0.05) is 24.3 Å². The molecule has 5 nitrogen and oxygen atoms in total. The molecule has 2 atom stereocenters. The molecule has 1 fully saturated rings. The van der Waals surface area contributed by atoms with Crippen LogP contribution in [0.15, 0.2) is 48.5 Å². The van der Waals surface area contributed by atoms with Gasteiger partial charge in [0.2, 0.25) is 4.77 Å². The predicted octanol–water partition coefficient (Wildman–Crippen LogP) is 3.38. The largest absolute Gasteiger partial charge is 0.376 e. The number of hydrogen-bond donors (Lipinski definition) is 1. The summed E-state index contributed by atoms with van der Waals surface area (Å²) in [6.45, 7) is 5.14. The number of halogens is 1. The molecule has 0 radical (unpaired) electrons. The van der Waals surface area contributed by atoms with Crippen LogP contribution in [0.5, 0.6) is 0 Å². The predicted molar refractivity (Wildman–Crippen MR) is 117 cm³/mol. The molecule has 2 aromatic carbocycles. The lowest BCUT2D eigenvalue weighted by Gasteiger charge is -2.15. The molecule has 3 aromatic rings. The first-order valence-electron chi connectivity index (χ1n) is 10.4. The zero-order valence-electron chi connectivity index (χ0n) is 17.5. The smallest absolute Gasteiger partial charge is 0.203 e. The van der Waals surface area contributed by atoms with Crippen LogP contribution in [0, 0.1) is 17.5 Å². The lowest BCUT2D eigenvalue weighted by atomic mass is 10.1. The number of benzene rings is 2. The maximum Gasteiger partial charge on any atom is 0.203 e. The summed E-state index contributed by atoms with van der Waals surface area (Å²) < 4.78 is 23.9. The molecule has 158 valence electrons. The van der Waals surface area contributed by atoms with E-state index in [1.165, 1.54) is 28.2 Å². The highest BCUT2D eigenvalue weighted by molar-refractivity contribution is 7.71. The second-order valence-electron chi connectivity index (χ2n) is 8.08. The number of aryl methyl sites for hydroxylation is 1. The average molecular weight is 428 g/mol. The number of hydrogen-bond acceptors (Lipinski definition) is 3. The number of rotatable bonds is 7. The van der Waals surface area contributed by atoms with Crippen molar-refractivity contribution in [2.75, 3.05) is 13.7 Å². The van der Waals surface area contributed by atoms with Crippen LogP contribution in [0.3, 0.4) is 0 Å². The Bertz CT molecular complexity index is 1050. The van der Waals surface area contributed by atoms with E-state index in [9.17, 15) is 4.39 Å². The van der Waals surface area contributed by atoms with Crippen LogP contribution < -0.4 is 4.90 Å². The quantitative estimate of drug-likeness (QED) is 0.588. The first-order chi connectivity index (χ1) is 14.5. The van der Waals surface area contributed by atoms with Crippen LogP contribution in [-0.2, 0) is 24.5 Å². The van der Waals surface area contributed by atoms with Gasteiger partial charge in [-0.3, -0.25) is 4.57 Å². The van der Waals surface area contributed by atoms with E-state index in [1.807, 2.05) is 9.25 Å². The van der Waals surface area contributed by atoms with Gasteiger partial charge < -0.3 is 9.64 Å². The van der Waals surface area contributed by atoms with E-state index >= 15 is 0 Å².